The van der Waals surface area contributed by atoms with E-state index in [1.807, 2.05) is 6.07 Å². The van der Waals surface area contributed by atoms with Gasteiger partial charge in [-0.2, -0.15) is 0 Å². The molecule has 2 saturated carbocycles. The summed E-state index contributed by atoms with van der Waals surface area (Å²) in [7, 11) is 0. The van der Waals surface area contributed by atoms with Crippen LogP contribution < -0.4 is 0 Å². The summed E-state index contributed by atoms with van der Waals surface area (Å²) in [5.41, 5.74) is 1.48. The highest BCUT2D eigenvalue weighted by Crippen LogP contribution is 2.48. The summed E-state index contributed by atoms with van der Waals surface area (Å²) in [6.07, 6.45) is 12.8. The minimum atomic E-state index is -0.138. The smallest absolute Gasteiger partial charge is 0.123 e. The van der Waals surface area contributed by atoms with Crippen molar-refractivity contribution >= 4 is 10.8 Å². The van der Waals surface area contributed by atoms with Crippen molar-refractivity contribution in [3.05, 3.63) is 47.8 Å². The van der Waals surface area contributed by atoms with Gasteiger partial charge in [0.1, 0.15) is 5.82 Å². The minimum absolute atomic E-state index is 0.138. The molecule has 2 unspecified atom stereocenters. The van der Waals surface area contributed by atoms with Gasteiger partial charge in [-0.05, 0) is 84.2 Å². The zero-order valence-electron chi connectivity index (χ0n) is 15.5. The van der Waals surface area contributed by atoms with E-state index in [1.54, 1.807) is 12.1 Å². The molecule has 0 radical (unpaired) electrons. The Morgan fingerprint density at radius 3 is 2.52 bits per heavy atom. The maximum Gasteiger partial charge on any atom is 0.123 e. The lowest BCUT2D eigenvalue weighted by atomic mass is 9.63. The van der Waals surface area contributed by atoms with Crippen molar-refractivity contribution in [3.63, 3.8) is 0 Å². The van der Waals surface area contributed by atoms with Crippen LogP contribution in [0.15, 0.2) is 36.4 Å². The quantitative estimate of drug-likeness (QED) is 0.542. The molecule has 0 bridgehead atoms. The zero-order chi connectivity index (χ0) is 17.2. The van der Waals surface area contributed by atoms with Crippen LogP contribution in [-0.4, -0.2) is 0 Å². The van der Waals surface area contributed by atoms with Gasteiger partial charge in [0.05, 0.1) is 0 Å². The Kier molecular flexibility index (Phi) is 5.10. The van der Waals surface area contributed by atoms with Crippen molar-refractivity contribution in [1.29, 1.82) is 0 Å². The van der Waals surface area contributed by atoms with Crippen LogP contribution in [0.4, 0.5) is 4.39 Å². The molecule has 134 valence electrons. The van der Waals surface area contributed by atoms with E-state index in [9.17, 15) is 4.39 Å². The van der Waals surface area contributed by atoms with Gasteiger partial charge in [0.2, 0.25) is 0 Å². The first kappa shape index (κ1) is 17.1. The average Bonchev–Trinajstić information content (AvgIpc) is 2.65. The third-order valence-corrected chi connectivity index (χ3v) is 6.99. The second-order valence-electron chi connectivity index (χ2n) is 8.60. The summed E-state index contributed by atoms with van der Waals surface area (Å²) in [4.78, 5) is 0. The van der Waals surface area contributed by atoms with E-state index < -0.39 is 0 Å². The van der Waals surface area contributed by atoms with Gasteiger partial charge in [-0.1, -0.05) is 56.9 Å². The molecule has 0 heterocycles. The molecular weight excluding hydrogens is 307 g/mol. The molecule has 4 atom stereocenters. The van der Waals surface area contributed by atoms with Crippen LogP contribution in [0.5, 0.6) is 0 Å². The van der Waals surface area contributed by atoms with Gasteiger partial charge in [0.15, 0.2) is 0 Å². The molecule has 2 aromatic rings. The summed E-state index contributed by atoms with van der Waals surface area (Å²) in [5, 5.41) is 2.21. The van der Waals surface area contributed by atoms with Gasteiger partial charge >= 0.3 is 0 Å². The standard InChI is InChI=1S/C24H31F/c1-2-3-4-17-5-6-19-14-20(8-7-18(19)13-17)21-9-10-23-16-24(25)12-11-22(23)15-21/h9-12,15-20H,2-8,13-14H2,1H3/t17-,18?,19-,20?/m1/s1. The summed E-state index contributed by atoms with van der Waals surface area (Å²) >= 11 is 0. The Morgan fingerprint density at radius 2 is 1.64 bits per heavy atom. The lowest BCUT2D eigenvalue weighted by molar-refractivity contribution is 0.113. The van der Waals surface area contributed by atoms with Crippen LogP contribution in [0.1, 0.15) is 76.2 Å². The van der Waals surface area contributed by atoms with Gasteiger partial charge in [0.25, 0.3) is 0 Å². The molecule has 0 N–H and O–H groups in total. The van der Waals surface area contributed by atoms with Crippen molar-refractivity contribution < 1.29 is 4.39 Å². The monoisotopic (exact) mass is 338 g/mol. The second kappa shape index (κ2) is 7.48. The van der Waals surface area contributed by atoms with Gasteiger partial charge in [-0.25, -0.2) is 4.39 Å². The highest BCUT2D eigenvalue weighted by molar-refractivity contribution is 5.83. The molecule has 0 aromatic heterocycles. The second-order valence-corrected chi connectivity index (χ2v) is 8.60. The van der Waals surface area contributed by atoms with Gasteiger partial charge in [-0.15, -0.1) is 0 Å². The fourth-order valence-corrected chi connectivity index (χ4v) is 5.53. The van der Waals surface area contributed by atoms with Crippen LogP contribution in [0.25, 0.3) is 10.8 Å². The number of halogens is 1. The van der Waals surface area contributed by atoms with E-state index in [1.165, 1.54) is 68.7 Å². The van der Waals surface area contributed by atoms with Crippen molar-refractivity contribution in [2.45, 2.75) is 70.6 Å². The van der Waals surface area contributed by atoms with E-state index >= 15 is 0 Å². The Labute approximate surface area is 151 Å². The topological polar surface area (TPSA) is 0 Å². The third-order valence-electron chi connectivity index (χ3n) is 6.99. The fourth-order valence-electron chi connectivity index (χ4n) is 5.53. The van der Waals surface area contributed by atoms with Crippen molar-refractivity contribution in [1.82, 2.24) is 0 Å². The van der Waals surface area contributed by atoms with E-state index in [0.717, 1.165) is 23.1 Å². The van der Waals surface area contributed by atoms with Crippen LogP contribution in [-0.2, 0) is 0 Å². The maximum atomic E-state index is 13.4. The highest BCUT2D eigenvalue weighted by Gasteiger charge is 2.35. The van der Waals surface area contributed by atoms with E-state index in [4.69, 9.17) is 0 Å². The molecule has 2 aromatic carbocycles. The lowest BCUT2D eigenvalue weighted by Gasteiger charge is -2.42. The highest BCUT2D eigenvalue weighted by atomic mass is 19.1. The normalized spacial score (nSPS) is 29.5. The van der Waals surface area contributed by atoms with Crippen molar-refractivity contribution in [2.75, 3.05) is 0 Å². The SMILES string of the molecule is CCCC[C@@H]1CC[C@@H]2CC(c3ccc4cc(F)ccc4c3)CCC2C1. The Balaban J connectivity index is 1.43. The van der Waals surface area contributed by atoms with E-state index in [2.05, 4.69) is 25.1 Å². The molecular formula is C24H31F. The molecule has 4 rings (SSSR count). The van der Waals surface area contributed by atoms with Gasteiger partial charge in [-0.3, -0.25) is 0 Å². The Morgan fingerprint density at radius 1 is 0.880 bits per heavy atom. The largest absolute Gasteiger partial charge is 0.207 e. The third kappa shape index (κ3) is 3.76. The Hall–Kier alpha value is -1.37. The molecule has 1 heteroatoms. The summed E-state index contributed by atoms with van der Waals surface area (Å²) in [6.45, 7) is 2.31. The maximum absolute atomic E-state index is 13.4. The summed E-state index contributed by atoms with van der Waals surface area (Å²) < 4.78 is 13.4. The predicted molar refractivity (Wildman–Crippen MR) is 104 cm³/mol. The van der Waals surface area contributed by atoms with Crippen LogP contribution in [0, 0.1) is 23.6 Å². The zero-order valence-corrected chi connectivity index (χ0v) is 15.5. The van der Waals surface area contributed by atoms with E-state index in [0.29, 0.717) is 5.92 Å². The minimum Gasteiger partial charge on any atom is -0.207 e. The molecule has 0 aliphatic heterocycles. The van der Waals surface area contributed by atoms with Crippen molar-refractivity contribution in [2.24, 2.45) is 17.8 Å². The molecule has 2 aliphatic rings. The number of unbranched alkanes of at least 4 members (excludes halogenated alkanes) is 1. The molecule has 0 nitrogen and oxygen atoms in total. The van der Waals surface area contributed by atoms with Gasteiger partial charge < -0.3 is 0 Å². The number of rotatable bonds is 4. The predicted octanol–water partition coefficient (Wildman–Crippen LogP) is 7.47. The molecule has 25 heavy (non-hydrogen) atoms. The fraction of sp³-hybridized carbons (Fsp3) is 0.583. The number of hydrogen-bond donors (Lipinski definition) is 0. The first-order valence-corrected chi connectivity index (χ1v) is 10.4. The first-order valence-electron chi connectivity index (χ1n) is 10.4. The summed E-state index contributed by atoms with van der Waals surface area (Å²) in [5.74, 6) is 3.51. The number of hydrogen-bond acceptors (Lipinski definition) is 0. The first-order chi connectivity index (χ1) is 12.2. The van der Waals surface area contributed by atoms with Crippen molar-refractivity contribution in [3.8, 4) is 0 Å². The molecule has 0 saturated heterocycles. The lowest BCUT2D eigenvalue weighted by Crippen LogP contribution is -2.30. The molecule has 2 aliphatic carbocycles. The van der Waals surface area contributed by atoms with Crippen LogP contribution >= 0.6 is 0 Å². The molecule has 0 amide bonds. The van der Waals surface area contributed by atoms with Crippen LogP contribution in [0.3, 0.4) is 0 Å². The summed E-state index contributed by atoms with van der Waals surface area (Å²) in [6, 6.07) is 11.8. The van der Waals surface area contributed by atoms with Gasteiger partial charge in [0, 0.05) is 0 Å². The molecule has 2 fully saturated rings. The molecule has 0 spiro atoms. The number of fused-ring (bicyclic) bond motifs is 2. The Bertz CT molecular complexity index is 719. The van der Waals surface area contributed by atoms with Crippen LogP contribution in [0.2, 0.25) is 0 Å². The number of benzene rings is 2. The van der Waals surface area contributed by atoms with E-state index in [-0.39, 0.29) is 5.82 Å². The average molecular weight is 339 g/mol.